The van der Waals surface area contributed by atoms with Gasteiger partial charge in [0.2, 0.25) is 5.91 Å². The first-order valence-electron chi connectivity index (χ1n) is 7.61. The van der Waals surface area contributed by atoms with E-state index in [9.17, 15) is 18.0 Å². The van der Waals surface area contributed by atoms with Crippen molar-refractivity contribution in [1.82, 2.24) is 5.43 Å². The molecule has 25 heavy (non-hydrogen) atoms. The summed E-state index contributed by atoms with van der Waals surface area (Å²) in [5.74, 6) is -0.490. The van der Waals surface area contributed by atoms with Gasteiger partial charge in [0, 0.05) is 16.5 Å². The Morgan fingerprint density at radius 1 is 1.20 bits per heavy atom. The van der Waals surface area contributed by atoms with Gasteiger partial charge in [0.25, 0.3) is 0 Å². The fourth-order valence-electron chi connectivity index (χ4n) is 2.71. The Labute approximate surface area is 147 Å². The van der Waals surface area contributed by atoms with E-state index >= 15 is 0 Å². The highest BCUT2D eigenvalue weighted by Crippen LogP contribution is 2.47. The zero-order chi connectivity index (χ0) is 18.0. The van der Waals surface area contributed by atoms with Crippen LogP contribution in [0.25, 0.3) is 0 Å². The number of benzene rings is 2. The SMILES string of the molecule is O=C(N/N=C/c1ccccc1C(F)(F)F)C1CC1c1cccc(Cl)c1. The summed E-state index contributed by atoms with van der Waals surface area (Å²) in [5.41, 5.74) is 2.39. The third kappa shape index (κ3) is 4.20. The fraction of sp³-hybridized carbons (Fsp3) is 0.222. The van der Waals surface area contributed by atoms with Crippen LogP contribution >= 0.6 is 11.6 Å². The number of carbonyl (C=O) groups excluding carboxylic acids is 1. The summed E-state index contributed by atoms with van der Waals surface area (Å²) in [4.78, 5) is 12.1. The Kier molecular flexibility index (Phi) is 4.81. The summed E-state index contributed by atoms with van der Waals surface area (Å²) in [6.07, 6.45) is -2.79. The molecule has 1 saturated carbocycles. The van der Waals surface area contributed by atoms with Crippen LogP contribution in [0.2, 0.25) is 5.02 Å². The molecule has 0 spiro atoms. The van der Waals surface area contributed by atoms with E-state index in [4.69, 9.17) is 11.6 Å². The quantitative estimate of drug-likeness (QED) is 0.623. The lowest BCUT2D eigenvalue weighted by molar-refractivity contribution is -0.137. The summed E-state index contributed by atoms with van der Waals surface area (Å²) in [6.45, 7) is 0. The smallest absolute Gasteiger partial charge is 0.273 e. The van der Waals surface area contributed by atoms with Crippen LogP contribution in [0, 0.1) is 5.92 Å². The first-order chi connectivity index (χ1) is 11.9. The van der Waals surface area contributed by atoms with Gasteiger partial charge < -0.3 is 0 Å². The topological polar surface area (TPSA) is 41.5 Å². The first kappa shape index (κ1) is 17.5. The predicted molar refractivity (Wildman–Crippen MR) is 89.5 cm³/mol. The van der Waals surface area contributed by atoms with Crippen LogP contribution in [0.4, 0.5) is 13.2 Å². The van der Waals surface area contributed by atoms with E-state index in [1.807, 2.05) is 18.2 Å². The van der Waals surface area contributed by atoms with Crippen LogP contribution in [0.15, 0.2) is 53.6 Å². The van der Waals surface area contributed by atoms with E-state index in [1.54, 1.807) is 6.07 Å². The summed E-state index contributed by atoms with van der Waals surface area (Å²) in [5, 5.41) is 4.27. The van der Waals surface area contributed by atoms with Gasteiger partial charge in [-0.15, -0.1) is 0 Å². The Morgan fingerprint density at radius 3 is 2.68 bits per heavy atom. The molecule has 1 aliphatic carbocycles. The lowest BCUT2D eigenvalue weighted by Gasteiger charge is -2.09. The molecular formula is C18H14ClF3N2O. The third-order valence-electron chi connectivity index (χ3n) is 4.05. The molecule has 3 nitrogen and oxygen atoms in total. The Hall–Kier alpha value is -2.34. The van der Waals surface area contributed by atoms with E-state index in [0.717, 1.165) is 17.8 Å². The summed E-state index contributed by atoms with van der Waals surface area (Å²) in [6, 6.07) is 12.3. The first-order valence-corrected chi connectivity index (χ1v) is 7.98. The van der Waals surface area contributed by atoms with Crippen molar-refractivity contribution in [1.29, 1.82) is 0 Å². The summed E-state index contributed by atoms with van der Waals surface area (Å²) < 4.78 is 38.7. The zero-order valence-electron chi connectivity index (χ0n) is 12.9. The molecule has 2 aromatic carbocycles. The standard InChI is InChI=1S/C18H14ClF3N2O/c19-13-6-3-5-11(8-13)14-9-15(14)17(25)24-23-10-12-4-1-2-7-16(12)18(20,21)22/h1-8,10,14-15H,9H2,(H,24,25)/b23-10+. The third-order valence-corrected chi connectivity index (χ3v) is 4.28. The molecule has 1 amide bonds. The van der Waals surface area contributed by atoms with E-state index < -0.39 is 11.7 Å². The average Bonchev–Trinajstić information content (AvgIpc) is 3.35. The highest BCUT2D eigenvalue weighted by molar-refractivity contribution is 6.30. The number of nitrogens with zero attached hydrogens (tertiary/aromatic N) is 1. The molecule has 7 heteroatoms. The number of hydrogen-bond acceptors (Lipinski definition) is 2. The van der Waals surface area contributed by atoms with Crippen LogP contribution in [0.1, 0.15) is 29.0 Å². The van der Waals surface area contributed by atoms with Gasteiger partial charge in [0.15, 0.2) is 0 Å². The minimum Gasteiger partial charge on any atom is -0.273 e. The van der Waals surface area contributed by atoms with Crippen molar-refractivity contribution in [3.8, 4) is 0 Å². The number of nitrogens with one attached hydrogen (secondary N) is 1. The number of amides is 1. The molecule has 0 radical (unpaired) electrons. The molecule has 0 aromatic heterocycles. The number of rotatable bonds is 4. The van der Waals surface area contributed by atoms with Crippen molar-refractivity contribution in [2.24, 2.45) is 11.0 Å². The van der Waals surface area contributed by atoms with Crippen LogP contribution < -0.4 is 5.43 Å². The van der Waals surface area contributed by atoms with Gasteiger partial charge in [0.05, 0.1) is 11.8 Å². The molecular weight excluding hydrogens is 353 g/mol. The molecule has 0 aliphatic heterocycles. The molecule has 2 aromatic rings. The zero-order valence-corrected chi connectivity index (χ0v) is 13.7. The highest BCUT2D eigenvalue weighted by atomic mass is 35.5. The van der Waals surface area contributed by atoms with E-state index in [1.165, 1.54) is 18.2 Å². The largest absolute Gasteiger partial charge is 0.417 e. The number of hydrazone groups is 1. The predicted octanol–water partition coefficient (Wildman–Crippen LogP) is 4.61. The second-order valence-electron chi connectivity index (χ2n) is 5.82. The monoisotopic (exact) mass is 366 g/mol. The van der Waals surface area contributed by atoms with Crippen molar-refractivity contribution in [2.45, 2.75) is 18.5 Å². The van der Waals surface area contributed by atoms with Crippen molar-refractivity contribution in [2.75, 3.05) is 0 Å². The van der Waals surface area contributed by atoms with Gasteiger partial charge in [-0.1, -0.05) is 41.9 Å². The second kappa shape index (κ2) is 6.88. The van der Waals surface area contributed by atoms with E-state index in [2.05, 4.69) is 10.5 Å². The number of halogens is 4. The Balaban J connectivity index is 1.62. The van der Waals surface area contributed by atoms with E-state index in [-0.39, 0.29) is 23.3 Å². The maximum Gasteiger partial charge on any atom is 0.417 e. The maximum absolute atomic E-state index is 12.9. The van der Waals surface area contributed by atoms with Crippen molar-refractivity contribution >= 4 is 23.7 Å². The van der Waals surface area contributed by atoms with Crippen molar-refractivity contribution < 1.29 is 18.0 Å². The lowest BCUT2D eigenvalue weighted by Crippen LogP contribution is -2.20. The van der Waals surface area contributed by atoms with Gasteiger partial charge >= 0.3 is 6.18 Å². The molecule has 1 fully saturated rings. The average molecular weight is 367 g/mol. The molecule has 0 heterocycles. The minimum atomic E-state index is -4.47. The second-order valence-corrected chi connectivity index (χ2v) is 6.26. The van der Waals surface area contributed by atoms with Crippen LogP contribution in [-0.4, -0.2) is 12.1 Å². The number of alkyl halides is 3. The highest BCUT2D eigenvalue weighted by Gasteiger charge is 2.44. The molecule has 0 saturated heterocycles. The van der Waals surface area contributed by atoms with Gasteiger partial charge in [-0.05, 0) is 36.1 Å². The summed E-state index contributed by atoms with van der Waals surface area (Å²) in [7, 11) is 0. The lowest BCUT2D eigenvalue weighted by atomic mass is 10.1. The molecule has 2 unspecified atom stereocenters. The van der Waals surface area contributed by atoms with Gasteiger partial charge in [-0.25, -0.2) is 5.43 Å². The minimum absolute atomic E-state index is 0.0661. The fourth-order valence-corrected chi connectivity index (χ4v) is 2.91. The van der Waals surface area contributed by atoms with Crippen LogP contribution in [0.3, 0.4) is 0 Å². The molecule has 1 aliphatic rings. The maximum atomic E-state index is 12.9. The van der Waals surface area contributed by atoms with Crippen molar-refractivity contribution in [3.05, 3.63) is 70.2 Å². The van der Waals surface area contributed by atoms with Crippen LogP contribution in [0.5, 0.6) is 0 Å². The number of carbonyl (C=O) groups is 1. The molecule has 0 bridgehead atoms. The normalized spacial score (nSPS) is 19.8. The van der Waals surface area contributed by atoms with Gasteiger partial charge in [-0.3, -0.25) is 4.79 Å². The van der Waals surface area contributed by atoms with Crippen LogP contribution in [-0.2, 0) is 11.0 Å². The van der Waals surface area contributed by atoms with E-state index in [0.29, 0.717) is 11.4 Å². The Bertz CT molecular complexity index is 820. The number of hydrogen-bond donors (Lipinski definition) is 1. The molecule has 3 rings (SSSR count). The summed E-state index contributed by atoms with van der Waals surface area (Å²) >= 11 is 5.93. The molecule has 2 atom stereocenters. The Morgan fingerprint density at radius 2 is 1.96 bits per heavy atom. The van der Waals surface area contributed by atoms with Gasteiger partial charge in [-0.2, -0.15) is 18.3 Å². The van der Waals surface area contributed by atoms with Crippen molar-refractivity contribution in [3.63, 3.8) is 0 Å². The molecule has 130 valence electrons. The van der Waals surface area contributed by atoms with Gasteiger partial charge in [0.1, 0.15) is 0 Å². The molecule has 1 N–H and O–H groups in total.